The Morgan fingerprint density at radius 1 is 1.37 bits per heavy atom. The number of sulfonamides is 1. The van der Waals surface area contributed by atoms with Gasteiger partial charge < -0.3 is 9.67 Å². The highest BCUT2D eigenvalue weighted by molar-refractivity contribution is 7.89. The zero-order valence-corrected chi connectivity index (χ0v) is 13.1. The topological polar surface area (TPSA) is 62.5 Å². The number of hydrogen-bond acceptors (Lipinski definition) is 3. The predicted octanol–water partition coefficient (Wildman–Crippen LogP) is 1.98. The first-order chi connectivity index (χ1) is 8.75. The molecule has 0 aliphatic carbocycles. The molecule has 0 saturated carbocycles. The van der Waals surface area contributed by atoms with Crippen LogP contribution in [0.2, 0.25) is 0 Å². The second-order valence-corrected chi connectivity index (χ2v) is 7.10. The van der Waals surface area contributed by atoms with Crippen LogP contribution in [0.5, 0.6) is 0 Å². The molecule has 0 spiro atoms. The highest BCUT2D eigenvalue weighted by atomic mass is 32.2. The maximum absolute atomic E-state index is 12.5. The average Bonchev–Trinajstić information content (AvgIpc) is 2.81. The van der Waals surface area contributed by atoms with E-state index in [0.717, 1.165) is 6.42 Å². The molecule has 0 fully saturated rings. The third kappa shape index (κ3) is 3.19. The van der Waals surface area contributed by atoms with Crippen LogP contribution in [0.15, 0.2) is 17.2 Å². The molecule has 0 saturated heterocycles. The highest BCUT2D eigenvalue weighted by Gasteiger charge is 2.26. The molecule has 6 heteroatoms. The van der Waals surface area contributed by atoms with Crippen LogP contribution in [0.1, 0.15) is 45.9 Å². The van der Waals surface area contributed by atoms with E-state index in [1.165, 1.54) is 4.31 Å². The lowest BCUT2D eigenvalue weighted by atomic mass is 10.3. The van der Waals surface area contributed by atoms with Crippen LogP contribution in [0.25, 0.3) is 0 Å². The molecule has 1 aromatic heterocycles. The maximum atomic E-state index is 12.5. The van der Waals surface area contributed by atoms with Gasteiger partial charge in [-0.15, -0.1) is 0 Å². The molecule has 0 bridgehead atoms. The van der Waals surface area contributed by atoms with Crippen LogP contribution in [-0.2, 0) is 16.6 Å². The van der Waals surface area contributed by atoms with Gasteiger partial charge in [-0.2, -0.15) is 4.31 Å². The first-order valence-corrected chi connectivity index (χ1v) is 7.99. The van der Waals surface area contributed by atoms with Gasteiger partial charge in [0.1, 0.15) is 4.90 Å². The Bertz CT molecular complexity index is 520. The summed E-state index contributed by atoms with van der Waals surface area (Å²) in [5.41, 5.74) is 0.617. The summed E-state index contributed by atoms with van der Waals surface area (Å²) < 4.78 is 28.1. The van der Waals surface area contributed by atoms with Gasteiger partial charge >= 0.3 is 0 Å². The first kappa shape index (κ1) is 16.2. The molecule has 0 aliphatic rings. The fourth-order valence-electron chi connectivity index (χ4n) is 1.91. The van der Waals surface area contributed by atoms with E-state index in [-0.39, 0.29) is 23.6 Å². The number of aromatic nitrogens is 1. The molecular weight excluding hydrogens is 264 g/mol. The summed E-state index contributed by atoms with van der Waals surface area (Å²) in [5, 5.41) is 9.31. The standard InChI is InChI=1S/C13H24N2O3S/c1-6-11(4)14(5)19(17,18)13-7-12(9-16)15(8-13)10(2)3/h7-8,10-11,16H,6,9H2,1-5H3. The molecule has 0 amide bonds. The fourth-order valence-corrected chi connectivity index (χ4v) is 3.39. The van der Waals surface area contributed by atoms with Crippen LogP contribution in [0, 0.1) is 0 Å². The van der Waals surface area contributed by atoms with Crippen LogP contribution < -0.4 is 0 Å². The lowest BCUT2D eigenvalue weighted by molar-refractivity contribution is 0.268. The smallest absolute Gasteiger partial charge is 0.244 e. The Balaban J connectivity index is 3.23. The van der Waals surface area contributed by atoms with E-state index >= 15 is 0 Å². The van der Waals surface area contributed by atoms with E-state index in [1.54, 1.807) is 23.9 Å². The number of hydrogen-bond donors (Lipinski definition) is 1. The van der Waals surface area contributed by atoms with Crippen molar-refractivity contribution >= 4 is 10.0 Å². The molecule has 1 atom stereocenters. The minimum absolute atomic E-state index is 0.0509. The SMILES string of the molecule is CCC(C)N(C)S(=O)(=O)c1cc(CO)n(C(C)C)c1. The third-order valence-corrected chi connectivity index (χ3v) is 5.45. The molecule has 5 nitrogen and oxygen atoms in total. The van der Waals surface area contributed by atoms with Crippen molar-refractivity contribution in [2.45, 2.75) is 57.7 Å². The molecule has 0 aliphatic heterocycles. The minimum atomic E-state index is -3.49. The fraction of sp³-hybridized carbons (Fsp3) is 0.692. The van der Waals surface area contributed by atoms with Crippen molar-refractivity contribution in [2.24, 2.45) is 0 Å². The lowest BCUT2D eigenvalue weighted by Crippen LogP contribution is -2.34. The lowest BCUT2D eigenvalue weighted by Gasteiger charge is -2.22. The Labute approximate surface area is 115 Å². The van der Waals surface area contributed by atoms with Gasteiger partial charge in [-0.1, -0.05) is 6.92 Å². The normalized spacial score (nSPS) is 14.3. The quantitative estimate of drug-likeness (QED) is 0.870. The molecule has 1 unspecified atom stereocenters. The molecule has 19 heavy (non-hydrogen) atoms. The molecule has 1 aromatic rings. The van der Waals surface area contributed by atoms with Gasteiger partial charge in [0.2, 0.25) is 10.0 Å². The van der Waals surface area contributed by atoms with Gasteiger partial charge in [0.05, 0.1) is 6.61 Å². The van der Waals surface area contributed by atoms with Crippen molar-refractivity contribution in [1.29, 1.82) is 0 Å². The van der Waals surface area contributed by atoms with E-state index in [4.69, 9.17) is 0 Å². The van der Waals surface area contributed by atoms with Crippen LogP contribution >= 0.6 is 0 Å². The van der Waals surface area contributed by atoms with Crippen molar-refractivity contribution in [3.8, 4) is 0 Å². The number of aliphatic hydroxyl groups excluding tert-OH is 1. The Morgan fingerprint density at radius 2 is 1.95 bits per heavy atom. The van der Waals surface area contributed by atoms with Gasteiger partial charge in [0.15, 0.2) is 0 Å². The van der Waals surface area contributed by atoms with Gasteiger partial charge in [0, 0.05) is 31.0 Å². The Morgan fingerprint density at radius 3 is 2.32 bits per heavy atom. The molecule has 1 rings (SSSR count). The van der Waals surface area contributed by atoms with Crippen molar-refractivity contribution < 1.29 is 13.5 Å². The summed E-state index contributed by atoms with van der Waals surface area (Å²) in [7, 11) is -1.90. The van der Waals surface area contributed by atoms with Crippen molar-refractivity contribution in [3.63, 3.8) is 0 Å². The van der Waals surface area contributed by atoms with E-state index in [9.17, 15) is 13.5 Å². The maximum Gasteiger partial charge on any atom is 0.244 e. The summed E-state index contributed by atoms with van der Waals surface area (Å²) in [5.74, 6) is 0. The molecule has 1 heterocycles. The Hall–Kier alpha value is -0.850. The number of nitrogens with zero attached hydrogens (tertiary/aromatic N) is 2. The zero-order valence-electron chi connectivity index (χ0n) is 12.3. The zero-order chi connectivity index (χ0) is 14.8. The summed E-state index contributed by atoms with van der Waals surface area (Å²) in [6, 6.07) is 1.61. The van der Waals surface area contributed by atoms with Gasteiger partial charge in [-0.3, -0.25) is 0 Å². The van der Waals surface area contributed by atoms with E-state index in [1.807, 2.05) is 27.7 Å². The summed E-state index contributed by atoms with van der Waals surface area (Å²) >= 11 is 0. The Kier molecular flexibility index (Phi) is 5.18. The number of aliphatic hydroxyl groups is 1. The van der Waals surface area contributed by atoms with E-state index in [2.05, 4.69) is 0 Å². The predicted molar refractivity (Wildman–Crippen MR) is 75.4 cm³/mol. The van der Waals surface area contributed by atoms with Crippen molar-refractivity contribution in [2.75, 3.05) is 7.05 Å². The summed E-state index contributed by atoms with van der Waals surface area (Å²) in [4.78, 5) is 0.244. The minimum Gasteiger partial charge on any atom is -0.390 e. The molecule has 110 valence electrons. The average molecular weight is 288 g/mol. The van der Waals surface area contributed by atoms with Crippen LogP contribution in [0.4, 0.5) is 0 Å². The first-order valence-electron chi connectivity index (χ1n) is 6.55. The second kappa shape index (κ2) is 6.07. The molecule has 1 N–H and O–H groups in total. The summed E-state index contributed by atoms with van der Waals surface area (Å²) in [6.07, 6.45) is 2.36. The molecular formula is C13H24N2O3S. The van der Waals surface area contributed by atoms with Crippen molar-refractivity contribution in [3.05, 3.63) is 18.0 Å². The molecule has 0 aromatic carbocycles. The van der Waals surface area contributed by atoms with Gasteiger partial charge in [0.25, 0.3) is 0 Å². The largest absolute Gasteiger partial charge is 0.390 e. The monoisotopic (exact) mass is 288 g/mol. The summed E-state index contributed by atoms with van der Waals surface area (Å²) in [6.45, 7) is 7.57. The van der Waals surface area contributed by atoms with Gasteiger partial charge in [-0.25, -0.2) is 8.42 Å². The second-order valence-electron chi connectivity index (χ2n) is 5.10. The van der Waals surface area contributed by atoms with Gasteiger partial charge in [-0.05, 0) is 33.3 Å². The highest BCUT2D eigenvalue weighted by Crippen LogP contribution is 2.23. The van der Waals surface area contributed by atoms with Crippen LogP contribution in [-0.4, -0.2) is 35.5 Å². The third-order valence-electron chi connectivity index (χ3n) is 3.51. The number of rotatable bonds is 6. The van der Waals surface area contributed by atoms with E-state index < -0.39 is 10.0 Å². The van der Waals surface area contributed by atoms with Crippen molar-refractivity contribution in [1.82, 2.24) is 8.87 Å². The van der Waals surface area contributed by atoms with Crippen LogP contribution in [0.3, 0.4) is 0 Å². The molecule has 0 radical (unpaired) electrons. The van der Waals surface area contributed by atoms with E-state index in [0.29, 0.717) is 5.69 Å².